The van der Waals surface area contributed by atoms with Crippen LogP contribution in [-0.2, 0) is 16.6 Å². The number of hydrogen-bond donors (Lipinski definition) is 2. The van der Waals surface area contributed by atoms with Gasteiger partial charge in [0, 0.05) is 27.0 Å². The van der Waals surface area contributed by atoms with Crippen molar-refractivity contribution in [1.82, 2.24) is 4.72 Å². The third-order valence-electron chi connectivity index (χ3n) is 2.35. The van der Waals surface area contributed by atoms with Crippen molar-refractivity contribution in [2.45, 2.75) is 11.4 Å². The highest BCUT2D eigenvalue weighted by Gasteiger charge is 2.24. The first-order chi connectivity index (χ1) is 9.29. The monoisotopic (exact) mass is 382 g/mol. The van der Waals surface area contributed by atoms with Gasteiger partial charge in [-0.2, -0.15) is 0 Å². The predicted molar refractivity (Wildman–Crippen MR) is 76.8 cm³/mol. The fourth-order valence-corrected chi connectivity index (χ4v) is 4.12. The van der Waals surface area contributed by atoms with Gasteiger partial charge in [0.25, 0.3) is 0 Å². The van der Waals surface area contributed by atoms with Gasteiger partial charge < -0.3 is 5.73 Å². The standard InChI is InChI=1S/C11H9BrF2N2O2S2/c12-6-1-8(19-5-6)4-16-20(17,18)11-9(13)2-7(15)3-10(11)14/h1-3,5,16H,4,15H2. The van der Waals surface area contributed by atoms with E-state index in [1.807, 2.05) is 0 Å². The molecule has 0 saturated heterocycles. The molecule has 108 valence electrons. The summed E-state index contributed by atoms with van der Waals surface area (Å²) in [6.07, 6.45) is 0. The van der Waals surface area contributed by atoms with E-state index in [1.54, 1.807) is 11.4 Å². The molecule has 2 aromatic rings. The average Bonchev–Trinajstić information content (AvgIpc) is 2.71. The number of nitrogens with two attached hydrogens (primary N) is 1. The van der Waals surface area contributed by atoms with Crippen LogP contribution in [0.4, 0.5) is 14.5 Å². The average molecular weight is 383 g/mol. The van der Waals surface area contributed by atoms with Crippen LogP contribution < -0.4 is 10.5 Å². The van der Waals surface area contributed by atoms with Gasteiger partial charge in [0.15, 0.2) is 4.90 Å². The van der Waals surface area contributed by atoms with E-state index in [2.05, 4.69) is 20.7 Å². The van der Waals surface area contributed by atoms with Gasteiger partial charge in [-0.3, -0.25) is 0 Å². The second-order valence-electron chi connectivity index (χ2n) is 3.87. The topological polar surface area (TPSA) is 72.2 Å². The Hall–Kier alpha value is -1.03. The van der Waals surface area contributed by atoms with Gasteiger partial charge in [0.05, 0.1) is 0 Å². The van der Waals surface area contributed by atoms with Crippen molar-refractivity contribution >= 4 is 43.0 Å². The molecule has 0 atom stereocenters. The number of benzene rings is 1. The number of sulfonamides is 1. The lowest BCUT2D eigenvalue weighted by Crippen LogP contribution is -2.25. The number of nitrogen functional groups attached to an aromatic ring is 1. The van der Waals surface area contributed by atoms with Crippen molar-refractivity contribution in [3.8, 4) is 0 Å². The van der Waals surface area contributed by atoms with E-state index >= 15 is 0 Å². The predicted octanol–water partition coefficient (Wildman–Crippen LogP) is 2.85. The summed E-state index contributed by atoms with van der Waals surface area (Å²) in [5.41, 5.74) is 5.06. The molecule has 0 amide bonds. The van der Waals surface area contributed by atoms with Crippen molar-refractivity contribution in [2.75, 3.05) is 5.73 Å². The Morgan fingerprint density at radius 1 is 1.25 bits per heavy atom. The molecule has 3 N–H and O–H groups in total. The molecule has 1 aromatic carbocycles. The molecule has 0 aliphatic rings. The molecule has 0 aliphatic carbocycles. The molecule has 9 heteroatoms. The van der Waals surface area contributed by atoms with Gasteiger partial charge in [-0.05, 0) is 34.1 Å². The summed E-state index contributed by atoms with van der Waals surface area (Å²) >= 11 is 4.54. The Kier molecular flexibility index (Phi) is 4.43. The molecule has 20 heavy (non-hydrogen) atoms. The summed E-state index contributed by atoms with van der Waals surface area (Å²) in [5, 5.41) is 1.77. The van der Waals surface area contributed by atoms with Crippen molar-refractivity contribution in [3.05, 3.63) is 44.6 Å². The number of anilines is 1. The molecule has 0 saturated carbocycles. The molecule has 0 fully saturated rings. The van der Waals surface area contributed by atoms with E-state index in [0.717, 1.165) is 16.6 Å². The number of nitrogens with one attached hydrogen (secondary N) is 1. The molecule has 0 unspecified atom stereocenters. The van der Waals surface area contributed by atoms with E-state index in [1.165, 1.54) is 11.3 Å². The summed E-state index contributed by atoms with van der Waals surface area (Å²) in [7, 11) is -4.29. The van der Waals surface area contributed by atoms with Crippen molar-refractivity contribution in [2.24, 2.45) is 0 Å². The SMILES string of the molecule is Nc1cc(F)c(S(=O)(=O)NCc2cc(Br)cs2)c(F)c1. The van der Waals surface area contributed by atoms with E-state index in [4.69, 9.17) is 5.73 Å². The van der Waals surface area contributed by atoms with Crippen LogP contribution in [-0.4, -0.2) is 8.42 Å². The largest absolute Gasteiger partial charge is 0.399 e. The molecular weight excluding hydrogens is 374 g/mol. The number of rotatable bonds is 4. The van der Waals surface area contributed by atoms with Crippen molar-refractivity contribution < 1.29 is 17.2 Å². The molecule has 2 rings (SSSR count). The Balaban J connectivity index is 2.27. The molecule has 0 spiro atoms. The second-order valence-corrected chi connectivity index (χ2v) is 7.48. The fraction of sp³-hybridized carbons (Fsp3) is 0.0909. The van der Waals surface area contributed by atoms with Crippen LogP contribution in [0.5, 0.6) is 0 Å². The molecule has 0 aliphatic heterocycles. The summed E-state index contributed by atoms with van der Waals surface area (Å²) < 4.78 is 54.0. The Morgan fingerprint density at radius 2 is 1.85 bits per heavy atom. The maximum atomic E-state index is 13.6. The molecule has 0 radical (unpaired) electrons. The summed E-state index contributed by atoms with van der Waals surface area (Å²) in [4.78, 5) is -0.320. The Labute approximate surface area is 126 Å². The van der Waals surface area contributed by atoms with Gasteiger partial charge in [-0.25, -0.2) is 21.9 Å². The van der Waals surface area contributed by atoms with Crippen LogP contribution in [0.3, 0.4) is 0 Å². The van der Waals surface area contributed by atoms with Crippen LogP contribution in [0, 0.1) is 11.6 Å². The zero-order chi connectivity index (χ0) is 14.9. The highest BCUT2D eigenvalue weighted by atomic mass is 79.9. The first-order valence-corrected chi connectivity index (χ1v) is 8.42. The summed E-state index contributed by atoms with van der Waals surface area (Å²) in [6, 6.07) is 3.24. The minimum Gasteiger partial charge on any atom is -0.399 e. The third kappa shape index (κ3) is 3.35. The van der Waals surface area contributed by atoms with Gasteiger partial charge in [-0.15, -0.1) is 11.3 Å². The van der Waals surface area contributed by atoms with Crippen LogP contribution >= 0.6 is 27.3 Å². The molecular formula is C11H9BrF2N2O2S2. The first kappa shape index (κ1) is 15.4. The maximum Gasteiger partial charge on any atom is 0.246 e. The summed E-state index contributed by atoms with van der Waals surface area (Å²) in [6.45, 7) is -0.0537. The maximum absolute atomic E-state index is 13.6. The normalized spacial score (nSPS) is 11.8. The third-order valence-corrected chi connectivity index (χ3v) is 5.50. The van der Waals surface area contributed by atoms with Crippen LogP contribution in [0.15, 0.2) is 32.9 Å². The zero-order valence-corrected chi connectivity index (χ0v) is 13.1. The Morgan fingerprint density at radius 3 is 2.35 bits per heavy atom. The molecule has 1 aromatic heterocycles. The Bertz CT molecular complexity index is 724. The van der Waals surface area contributed by atoms with Gasteiger partial charge >= 0.3 is 0 Å². The van der Waals surface area contributed by atoms with E-state index in [-0.39, 0.29) is 12.2 Å². The van der Waals surface area contributed by atoms with Crippen LogP contribution in [0.25, 0.3) is 0 Å². The van der Waals surface area contributed by atoms with Gasteiger partial charge in [-0.1, -0.05) is 0 Å². The van der Waals surface area contributed by atoms with Gasteiger partial charge in [0.1, 0.15) is 11.6 Å². The smallest absolute Gasteiger partial charge is 0.246 e. The van der Waals surface area contributed by atoms with E-state index in [0.29, 0.717) is 4.88 Å². The van der Waals surface area contributed by atoms with Gasteiger partial charge in [0.2, 0.25) is 10.0 Å². The second kappa shape index (κ2) is 5.76. The first-order valence-electron chi connectivity index (χ1n) is 5.26. The number of halogens is 3. The lowest BCUT2D eigenvalue weighted by molar-refractivity contribution is 0.515. The van der Waals surface area contributed by atoms with Crippen LogP contribution in [0.1, 0.15) is 4.88 Å². The quantitative estimate of drug-likeness (QED) is 0.798. The molecule has 4 nitrogen and oxygen atoms in total. The minimum atomic E-state index is -4.29. The van der Waals surface area contributed by atoms with E-state index < -0.39 is 26.6 Å². The summed E-state index contributed by atoms with van der Waals surface area (Å²) in [5.74, 6) is -2.44. The van der Waals surface area contributed by atoms with Crippen LogP contribution in [0.2, 0.25) is 0 Å². The zero-order valence-electron chi connectivity index (χ0n) is 9.86. The minimum absolute atomic E-state index is 0.0537. The number of hydrogen-bond acceptors (Lipinski definition) is 4. The molecule has 0 bridgehead atoms. The number of thiophene rings is 1. The van der Waals surface area contributed by atoms with E-state index in [9.17, 15) is 17.2 Å². The highest BCUT2D eigenvalue weighted by Crippen LogP contribution is 2.23. The lowest BCUT2D eigenvalue weighted by Gasteiger charge is -2.08. The van der Waals surface area contributed by atoms with Crippen molar-refractivity contribution in [1.29, 1.82) is 0 Å². The van der Waals surface area contributed by atoms with Crippen molar-refractivity contribution in [3.63, 3.8) is 0 Å². The highest BCUT2D eigenvalue weighted by molar-refractivity contribution is 9.10. The lowest BCUT2D eigenvalue weighted by atomic mass is 10.3. The molecule has 1 heterocycles. The fourth-order valence-electron chi connectivity index (χ4n) is 1.52.